The monoisotopic (exact) mass is 482 g/mol. The van der Waals surface area contributed by atoms with E-state index in [0.29, 0.717) is 17.1 Å². The summed E-state index contributed by atoms with van der Waals surface area (Å²) in [4.78, 5) is 15.8. The fourth-order valence-electron chi connectivity index (χ4n) is 4.59. The molecule has 178 valence electrons. The molecule has 3 N–H and O–H groups in total. The number of anilines is 2. The van der Waals surface area contributed by atoms with Crippen molar-refractivity contribution in [2.24, 2.45) is 0 Å². The number of fused-ring (bicyclic) bond motifs is 1. The van der Waals surface area contributed by atoms with Crippen LogP contribution in [0.3, 0.4) is 0 Å². The van der Waals surface area contributed by atoms with Gasteiger partial charge >= 0.3 is 5.69 Å². The highest BCUT2D eigenvalue weighted by Gasteiger charge is 2.26. The average Bonchev–Trinajstić information content (AvgIpc) is 3.21. The molecule has 1 aliphatic carbocycles. The summed E-state index contributed by atoms with van der Waals surface area (Å²) < 4.78 is 25.2. The lowest BCUT2D eigenvalue weighted by Gasteiger charge is -2.23. The van der Waals surface area contributed by atoms with Gasteiger partial charge in [0, 0.05) is 18.8 Å². The van der Waals surface area contributed by atoms with E-state index in [2.05, 4.69) is 14.9 Å². The van der Waals surface area contributed by atoms with Crippen LogP contribution >= 0.6 is 0 Å². The van der Waals surface area contributed by atoms with Gasteiger partial charge in [-0.1, -0.05) is 25.3 Å². The molecule has 4 rings (SSSR count). The fourth-order valence-corrected chi connectivity index (χ4v) is 5.06. The standard InChI is InChI=1S/C23H26N6O4S/c1-34(32,33)10-9-26-19-12-17(23(29(30)31)22(25)18(19)13-24)15-7-8-21-20(11-15)27-14-28(21)16-5-3-2-4-6-16/h7-8,11-12,14,16,26H,2-6,9-10,25H2,1H3. The Hall–Kier alpha value is -3.65. The lowest BCUT2D eigenvalue weighted by atomic mass is 9.95. The summed E-state index contributed by atoms with van der Waals surface area (Å²) >= 11 is 0. The number of nitriles is 1. The van der Waals surface area contributed by atoms with E-state index in [0.717, 1.165) is 24.6 Å². The lowest BCUT2D eigenvalue weighted by Crippen LogP contribution is -2.15. The van der Waals surface area contributed by atoms with E-state index >= 15 is 0 Å². The second kappa shape index (κ2) is 9.30. The van der Waals surface area contributed by atoms with E-state index in [1.807, 2.05) is 18.5 Å². The Kier molecular flexibility index (Phi) is 6.43. The molecule has 1 heterocycles. The molecule has 0 unspecified atom stereocenters. The molecule has 0 bridgehead atoms. The number of nitro groups is 1. The van der Waals surface area contributed by atoms with Gasteiger partial charge in [0.15, 0.2) is 0 Å². The van der Waals surface area contributed by atoms with Crippen LogP contribution in [0.1, 0.15) is 43.7 Å². The number of benzene rings is 2. The highest BCUT2D eigenvalue weighted by atomic mass is 32.2. The molecule has 1 saturated carbocycles. The first-order valence-electron chi connectivity index (χ1n) is 11.1. The Morgan fingerprint density at radius 1 is 1.29 bits per heavy atom. The quantitative estimate of drug-likeness (QED) is 0.290. The maximum atomic E-state index is 11.9. The molecule has 34 heavy (non-hydrogen) atoms. The van der Waals surface area contributed by atoms with Crippen LogP contribution in [0, 0.1) is 21.4 Å². The molecule has 0 atom stereocenters. The van der Waals surface area contributed by atoms with Gasteiger partial charge in [-0.2, -0.15) is 5.26 Å². The van der Waals surface area contributed by atoms with E-state index in [1.54, 1.807) is 12.1 Å². The predicted octanol–water partition coefficient (Wildman–Crippen LogP) is 4.03. The van der Waals surface area contributed by atoms with Crippen molar-refractivity contribution in [3.63, 3.8) is 0 Å². The summed E-state index contributed by atoms with van der Waals surface area (Å²) in [5, 5.41) is 24.4. The van der Waals surface area contributed by atoms with Gasteiger partial charge < -0.3 is 15.6 Å². The Labute approximate surface area is 197 Å². The van der Waals surface area contributed by atoms with Crippen LogP contribution in [0.15, 0.2) is 30.6 Å². The number of nitrogens with one attached hydrogen (secondary N) is 1. The van der Waals surface area contributed by atoms with Crippen LogP contribution in [-0.4, -0.2) is 41.4 Å². The molecule has 0 saturated heterocycles. The molecule has 0 aliphatic heterocycles. The third-order valence-corrected chi connectivity index (χ3v) is 7.22. The zero-order valence-electron chi connectivity index (χ0n) is 18.8. The Morgan fingerprint density at radius 3 is 2.68 bits per heavy atom. The molecular formula is C23H26N6O4S. The first-order chi connectivity index (χ1) is 16.2. The molecule has 0 radical (unpaired) electrons. The van der Waals surface area contributed by atoms with E-state index in [-0.39, 0.29) is 40.5 Å². The lowest BCUT2D eigenvalue weighted by molar-refractivity contribution is -0.383. The van der Waals surface area contributed by atoms with E-state index in [1.165, 1.54) is 25.3 Å². The van der Waals surface area contributed by atoms with Crippen LogP contribution in [0.4, 0.5) is 17.1 Å². The number of rotatable bonds is 7. The third kappa shape index (κ3) is 4.68. The average molecular weight is 483 g/mol. The van der Waals surface area contributed by atoms with Crippen molar-refractivity contribution in [2.45, 2.75) is 38.1 Å². The summed E-state index contributed by atoms with van der Waals surface area (Å²) in [6.07, 6.45) is 8.77. The van der Waals surface area contributed by atoms with Crippen molar-refractivity contribution >= 4 is 37.9 Å². The van der Waals surface area contributed by atoms with Gasteiger partial charge in [0.1, 0.15) is 27.2 Å². The van der Waals surface area contributed by atoms with Crippen molar-refractivity contribution < 1.29 is 13.3 Å². The third-order valence-electron chi connectivity index (χ3n) is 6.27. The van der Waals surface area contributed by atoms with Crippen molar-refractivity contribution in [1.29, 1.82) is 5.26 Å². The van der Waals surface area contributed by atoms with Gasteiger partial charge in [0.2, 0.25) is 0 Å². The highest BCUT2D eigenvalue weighted by Crippen LogP contribution is 2.41. The predicted molar refractivity (Wildman–Crippen MR) is 131 cm³/mol. The van der Waals surface area contributed by atoms with Crippen LogP contribution in [0.25, 0.3) is 22.2 Å². The van der Waals surface area contributed by atoms with Crippen molar-refractivity contribution in [3.05, 3.63) is 46.3 Å². The molecule has 0 spiro atoms. The molecule has 0 amide bonds. The van der Waals surface area contributed by atoms with Gasteiger partial charge in [-0.3, -0.25) is 10.1 Å². The second-order valence-electron chi connectivity index (χ2n) is 8.68. The highest BCUT2D eigenvalue weighted by molar-refractivity contribution is 7.90. The SMILES string of the molecule is CS(=O)(=O)CCNc1cc(-c2ccc3c(c2)ncn3C2CCCCC2)c([N+](=O)[O-])c(N)c1C#N. The first-order valence-corrected chi connectivity index (χ1v) is 13.1. The summed E-state index contributed by atoms with van der Waals surface area (Å²) in [5.41, 5.74) is 8.04. The first kappa shape index (κ1) is 23.5. The van der Waals surface area contributed by atoms with Gasteiger partial charge in [0.05, 0.1) is 39.3 Å². The minimum Gasteiger partial charge on any atom is -0.392 e. The Balaban J connectivity index is 1.79. The number of sulfone groups is 1. The second-order valence-corrected chi connectivity index (χ2v) is 10.9. The number of aromatic nitrogens is 2. The largest absolute Gasteiger partial charge is 0.392 e. The number of nitrogens with zero attached hydrogens (tertiary/aromatic N) is 4. The Morgan fingerprint density at radius 2 is 2.03 bits per heavy atom. The topological polar surface area (TPSA) is 157 Å². The van der Waals surface area contributed by atoms with Gasteiger partial charge in [-0.05, 0) is 36.6 Å². The van der Waals surface area contributed by atoms with Crippen LogP contribution in [0.2, 0.25) is 0 Å². The van der Waals surface area contributed by atoms with Crippen molar-refractivity contribution in [2.75, 3.05) is 29.6 Å². The number of hydrogen-bond donors (Lipinski definition) is 2. The molecule has 2 aromatic carbocycles. The van der Waals surface area contributed by atoms with Crippen LogP contribution in [0.5, 0.6) is 0 Å². The molecule has 1 aromatic heterocycles. The number of nitrogen functional groups attached to an aromatic ring is 1. The Bertz CT molecular complexity index is 1400. The summed E-state index contributed by atoms with van der Waals surface area (Å²) in [6.45, 7) is 0.0367. The molecule has 1 aliphatic rings. The van der Waals surface area contributed by atoms with Gasteiger partial charge in [-0.15, -0.1) is 0 Å². The molecule has 11 heteroatoms. The fraction of sp³-hybridized carbons (Fsp3) is 0.391. The summed E-state index contributed by atoms with van der Waals surface area (Å²) in [7, 11) is -3.23. The zero-order chi connectivity index (χ0) is 24.5. The minimum absolute atomic E-state index is 0.0367. The van der Waals surface area contributed by atoms with Crippen LogP contribution < -0.4 is 11.1 Å². The summed E-state index contributed by atoms with van der Waals surface area (Å²) in [5.74, 6) is -0.158. The van der Waals surface area contributed by atoms with E-state index in [9.17, 15) is 23.8 Å². The van der Waals surface area contributed by atoms with Crippen molar-refractivity contribution in [3.8, 4) is 17.2 Å². The minimum atomic E-state index is -3.23. The number of imidazole rings is 1. The smallest absolute Gasteiger partial charge is 0.301 e. The molecule has 10 nitrogen and oxygen atoms in total. The summed E-state index contributed by atoms with van der Waals surface area (Å²) in [6, 6.07) is 9.25. The number of nitro benzene ring substituents is 1. The maximum absolute atomic E-state index is 11.9. The van der Waals surface area contributed by atoms with Gasteiger partial charge in [0.25, 0.3) is 0 Å². The van der Waals surface area contributed by atoms with Crippen molar-refractivity contribution in [1.82, 2.24) is 9.55 Å². The van der Waals surface area contributed by atoms with Crippen LogP contribution in [-0.2, 0) is 9.84 Å². The van der Waals surface area contributed by atoms with E-state index in [4.69, 9.17) is 5.73 Å². The van der Waals surface area contributed by atoms with E-state index < -0.39 is 14.8 Å². The molecule has 3 aromatic rings. The number of hydrogen-bond acceptors (Lipinski definition) is 8. The molecule has 1 fully saturated rings. The van der Waals surface area contributed by atoms with Gasteiger partial charge in [-0.25, -0.2) is 13.4 Å². The molecular weight excluding hydrogens is 456 g/mol. The zero-order valence-corrected chi connectivity index (χ0v) is 19.6. The normalized spacial score (nSPS) is 14.7. The number of nitrogens with two attached hydrogens (primary N) is 1. The maximum Gasteiger partial charge on any atom is 0.301 e.